The molecule has 0 amide bonds. The molecule has 7 heteroatoms. The van der Waals surface area contributed by atoms with Crippen LogP contribution in [0.3, 0.4) is 0 Å². The first kappa shape index (κ1) is 22.3. The van der Waals surface area contributed by atoms with Crippen LogP contribution in [0.2, 0.25) is 0 Å². The summed E-state index contributed by atoms with van der Waals surface area (Å²) in [6.45, 7) is 5.89. The largest absolute Gasteiger partial charge is 0.458 e. The Hall–Kier alpha value is -1.86. The van der Waals surface area contributed by atoms with Gasteiger partial charge in [-0.2, -0.15) is 0 Å². The lowest BCUT2D eigenvalue weighted by Crippen LogP contribution is -2.69. The topological polar surface area (TPSA) is 101 Å². The number of hydrogen-bond donors (Lipinski definition) is 2. The fourth-order valence-electron chi connectivity index (χ4n) is 7.42. The predicted octanol–water partition coefficient (Wildman–Crippen LogP) is 2.47. The van der Waals surface area contributed by atoms with Crippen molar-refractivity contribution in [1.29, 1.82) is 0 Å². The van der Waals surface area contributed by atoms with Gasteiger partial charge in [0.2, 0.25) is 5.78 Å². The van der Waals surface area contributed by atoms with Crippen LogP contribution < -0.4 is 0 Å². The number of ether oxygens (including phenoxy) is 1. The minimum Gasteiger partial charge on any atom is -0.458 e. The Bertz CT molecular complexity index is 910. The van der Waals surface area contributed by atoms with Crippen molar-refractivity contribution in [3.63, 3.8) is 0 Å². The van der Waals surface area contributed by atoms with Crippen molar-refractivity contribution in [1.82, 2.24) is 0 Å². The van der Waals surface area contributed by atoms with Gasteiger partial charge in [0.05, 0.1) is 6.10 Å². The summed E-state index contributed by atoms with van der Waals surface area (Å²) < 4.78 is 21.9. The number of fused-ring (bicyclic) bond motifs is 5. The van der Waals surface area contributed by atoms with Gasteiger partial charge in [-0.3, -0.25) is 14.4 Å². The second-order valence-corrected chi connectivity index (χ2v) is 10.4. The first-order valence-electron chi connectivity index (χ1n) is 11.0. The Kier molecular flexibility index (Phi) is 4.91. The Morgan fingerprint density at radius 3 is 2.61 bits per heavy atom. The summed E-state index contributed by atoms with van der Waals surface area (Å²) in [4.78, 5) is 36.2. The van der Waals surface area contributed by atoms with Crippen molar-refractivity contribution >= 4 is 17.5 Å². The zero-order valence-electron chi connectivity index (χ0n) is 18.5. The van der Waals surface area contributed by atoms with Crippen LogP contribution in [-0.2, 0) is 19.1 Å². The summed E-state index contributed by atoms with van der Waals surface area (Å²) in [6.07, 6.45) is 4.29. The van der Waals surface area contributed by atoms with E-state index < -0.39 is 58.4 Å². The van der Waals surface area contributed by atoms with Crippen molar-refractivity contribution in [2.75, 3.05) is 6.61 Å². The molecular weight excluding hydrogens is 403 g/mol. The number of halogens is 1. The molecule has 6 nitrogen and oxygen atoms in total. The highest BCUT2D eigenvalue weighted by atomic mass is 19.1. The van der Waals surface area contributed by atoms with Gasteiger partial charge in [0.1, 0.15) is 5.60 Å². The van der Waals surface area contributed by atoms with Crippen molar-refractivity contribution in [3.05, 3.63) is 23.8 Å². The normalized spacial score (nSPS) is 48.4. The number of hydrogen-bond acceptors (Lipinski definition) is 6. The van der Waals surface area contributed by atoms with E-state index in [1.54, 1.807) is 26.8 Å². The molecule has 2 N–H and O–H groups in total. The minimum absolute atomic E-state index is 0.0953. The molecule has 0 radical (unpaired) electrons. The van der Waals surface area contributed by atoms with E-state index in [0.717, 1.165) is 0 Å². The molecule has 4 aliphatic rings. The Labute approximate surface area is 181 Å². The zero-order chi connectivity index (χ0) is 23.0. The molecule has 0 bridgehead atoms. The average molecular weight is 435 g/mol. The summed E-state index contributed by atoms with van der Waals surface area (Å²) >= 11 is 0. The van der Waals surface area contributed by atoms with Crippen molar-refractivity contribution in [2.24, 2.45) is 28.6 Å². The molecular formula is C24H31FO6. The summed E-state index contributed by atoms with van der Waals surface area (Å²) in [5, 5.41) is 22.9. The van der Waals surface area contributed by atoms with E-state index in [4.69, 9.17) is 4.74 Å². The minimum atomic E-state index is -2.01. The van der Waals surface area contributed by atoms with Gasteiger partial charge in [-0.25, -0.2) is 4.39 Å². The number of aliphatic hydroxyl groups is 2. The third kappa shape index (κ3) is 2.65. The van der Waals surface area contributed by atoms with Gasteiger partial charge in [0, 0.05) is 23.7 Å². The van der Waals surface area contributed by atoms with Crippen LogP contribution in [0.5, 0.6) is 0 Å². The lowest BCUT2D eigenvalue weighted by molar-refractivity contribution is -0.219. The van der Waals surface area contributed by atoms with Gasteiger partial charge in [-0.1, -0.05) is 25.5 Å². The first-order valence-corrected chi connectivity index (χ1v) is 11.0. The Balaban J connectivity index is 1.76. The molecule has 0 aromatic heterocycles. The summed E-state index contributed by atoms with van der Waals surface area (Å²) in [5.41, 5.74) is -5.33. The molecule has 0 aromatic carbocycles. The summed E-state index contributed by atoms with van der Waals surface area (Å²) in [5.74, 6) is -2.80. The second-order valence-electron chi connectivity index (χ2n) is 10.4. The van der Waals surface area contributed by atoms with Gasteiger partial charge in [0.25, 0.3) is 0 Å². The molecule has 0 aromatic rings. The predicted molar refractivity (Wildman–Crippen MR) is 109 cm³/mol. The number of ketones is 2. The number of carbonyl (C=O) groups is 3. The average Bonchev–Trinajstić information content (AvgIpc) is 2.89. The molecule has 0 spiro atoms. The number of Topliss-reactive ketones (excluding diaryl/α,β-unsaturated/α-hetero) is 1. The zero-order valence-corrected chi connectivity index (χ0v) is 18.5. The van der Waals surface area contributed by atoms with E-state index in [2.05, 4.69) is 0 Å². The number of carbonyl (C=O) groups excluding carboxylic acids is 3. The highest BCUT2D eigenvalue weighted by molar-refractivity contribution is 6.01. The van der Waals surface area contributed by atoms with Crippen LogP contribution in [0.4, 0.5) is 4.39 Å². The number of alkyl halides is 1. The van der Waals surface area contributed by atoms with Crippen LogP contribution in [0.1, 0.15) is 53.4 Å². The molecule has 0 heterocycles. The smallest absolute Gasteiger partial charge is 0.303 e. The summed E-state index contributed by atoms with van der Waals surface area (Å²) in [7, 11) is 0. The van der Waals surface area contributed by atoms with Crippen LogP contribution >= 0.6 is 0 Å². The van der Waals surface area contributed by atoms with Crippen molar-refractivity contribution in [2.45, 2.75) is 70.8 Å². The Morgan fingerprint density at radius 2 is 1.97 bits per heavy atom. The fourth-order valence-corrected chi connectivity index (χ4v) is 7.42. The molecule has 4 aliphatic carbocycles. The Morgan fingerprint density at radius 1 is 1.29 bits per heavy atom. The second kappa shape index (κ2) is 6.82. The third-order valence-electron chi connectivity index (χ3n) is 9.05. The molecule has 2 unspecified atom stereocenters. The maximum Gasteiger partial charge on any atom is 0.303 e. The molecule has 0 aliphatic heterocycles. The molecule has 3 fully saturated rings. The number of allylic oxidation sites excluding steroid dienone is 4. The third-order valence-corrected chi connectivity index (χ3v) is 9.05. The van der Waals surface area contributed by atoms with Crippen LogP contribution in [0.15, 0.2) is 23.8 Å². The molecule has 0 saturated heterocycles. The number of rotatable bonds is 3. The van der Waals surface area contributed by atoms with Crippen LogP contribution in [-0.4, -0.2) is 51.7 Å². The van der Waals surface area contributed by atoms with Crippen LogP contribution in [0, 0.1) is 28.6 Å². The molecule has 8 atom stereocenters. The first-order chi connectivity index (χ1) is 14.3. The van der Waals surface area contributed by atoms with Gasteiger partial charge in [0.15, 0.2) is 18.1 Å². The van der Waals surface area contributed by atoms with Crippen molar-refractivity contribution in [3.8, 4) is 0 Å². The van der Waals surface area contributed by atoms with Gasteiger partial charge < -0.3 is 14.9 Å². The molecule has 170 valence electrons. The lowest BCUT2D eigenvalue weighted by atomic mass is 9.44. The quantitative estimate of drug-likeness (QED) is 0.662. The van der Waals surface area contributed by atoms with E-state index in [1.165, 1.54) is 19.1 Å². The van der Waals surface area contributed by atoms with Gasteiger partial charge in [-0.15, -0.1) is 0 Å². The van der Waals surface area contributed by atoms with Crippen LogP contribution in [0.25, 0.3) is 0 Å². The molecule has 31 heavy (non-hydrogen) atoms. The maximum absolute atomic E-state index is 17.0. The lowest BCUT2D eigenvalue weighted by Gasteiger charge is -2.62. The highest BCUT2D eigenvalue weighted by Gasteiger charge is 2.75. The van der Waals surface area contributed by atoms with E-state index in [-0.39, 0.29) is 18.1 Å². The fraction of sp³-hybridized carbons (Fsp3) is 0.708. The van der Waals surface area contributed by atoms with E-state index >= 15 is 4.39 Å². The van der Waals surface area contributed by atoms with E-state index in [1.807, 2.05) is 0 Å². The molecule has 3 saturated carbocycles. The van der Waals surface area contributed by atoms with E-state index in [0.29, 0.717) is 24.8 Å². The van der Waals surface area contributed by atoms with E-state index in [9.17, 15) is 24.6 Å². The van der Waals surface area contributed by atoms with Gasteiger partial charge >= 0.3 is 5.97 Å². The monoisotopic (exact) mass is 434 g/mol. The number of esters is 1. The summed E-state index contributed by atoms with van der Waals surface area (Å²) in [6, 6.07) is 0. The highest BCUT2D eigenvalue weighted by Crippen LogP contribution is 2.70. The number of aliphatic hydroxyl groups excluding tert-OH is 1. The van der Waals surface area contributed by atoms with Crippen molar-refractivity contribution < 1.29 is 33.7 Å². The van der Waals surface area contributed by atoms with Gasteiger partial charge in [-0.05, 0) is 56.6 Å². The standard InChI is InChI=1S/C24H31FO6/c1-13-9-18-17-6-5-15-10-16(27)7-8-21(15,3)23(17,25)19(28)11-22(18,4)24(13,30)20(29)12-31-14(2)26/h7-8,10,13,17-19,28,30H,5-6,9,11-12H2,1-4H3/t13-,17+,18+,19?,21+,22+,23?,24+/m1/s1. The maximum atomic E-state index is 17.0. The SMILES string of the molecule is CC(=O)OCC(=O)[C@@]1(O)[C@H](C)C[C@H]2[C@@H]3CCC4=CC(=O)C=C[C@]4(C)C3(F)C(O)C[C@@]21C. The molecule has 4 rings (SSSR count).